The van der Waals surface area contributed by atoms with Crippen LogP contribution in [-0.2, 0) is 9.53 Å². The lowest BCUT2D eigenvalue weighted by molar-refractivity contribution is -0.136. The van der Waals surface area contributed by atoms with E-state index in [1.807, 2.05) is 11.0 Å². The fourth-order valence-electron chi connectivity index (χ4n) is 7.06. The summed E-state index contributed by atoms with van der Waals surface area (Å²) in [6.45, 7) is 4.44. The van der Waals surface area contributed by atoms with Crippen LogP contribution < -0.4 is 21.1 Å². The molecule has 4 aliphatic heterocycles. The molecule has 5 atom stereocenters. The minimum atomic E-state index is 0.0601. The van der Waals surface area contributed by atoms with Gasteiger partial charge >= 0.3 is 0 Å². The molecule has 0 bridgehead atoms. The molecular formula is C27H38N6O4. The SMILES string of the molecule is O=C(c1cnc(OC2CCOCC2)c(C2CC2)c1)N1C[C@@H]2CN(C(=O)[C@@H]3CCC4NNNC4C3)C[C@H]2C1. The number of hydrazine groups is 2. The molecule has 0 spiro atoms. The van der Waals surface area contributed by atoms with Crippen LogP contribution in [0.3, 0.4) is 0 Å². The van der Waals surface area contributed by atoms with Gasteiger partial charge in [-0.25, -0.2) is 15.8 Å². The summed E-state index contributed by atoms with van der Waals surface area (Å²) in [5, 5.41) is 0. The highest BCUT2D eigenvalue weighted by Gasteiger charge is 2.46. The Balaban J connectivity index is 0.969. The van der Waals surface area contributed by atoms with Gasteiger partial charge in [0.1, 0.15) is 6.10 Å². The fraction of sp³-hybridized carbons (Fsp3) is 0.741. The second-order valence-corrected chi connectivity index (χ2v) is 11.9. The van der Waals surface area contributed by atoms with Gasteiger partial charge in [0.25, 0.3) is 5.91 Å². The third-order valence-corrected chi connectivity index (χ3v) is 9.39. The van der Waals surface area contributed by atoms with Crippen LogP contribution in [0.1, 0.15) is 66.8 Å². The predicted octanol–water partition coefficient (Wildman–Crippen LogP) is 1.20. The van der Waals surface area contributed by atoms with Crippen molar-refractivity contribution in [3.8, 4) is 5.88 Å². The number of hydrogen-bond donors (Lipinski definition) is 3. The van der Waals surface area contributed by atoms with E-state index in [1.165, 1.54) is 0 Å². The number of rotatable bonds is 5. The number of pyridine rings is 1. The zero-order chi connectivity index (χ0) is 24.9. The van der Waals surface area contributed by atoms with E-state index in [0.29, 0.717) is 47.2 Å². The Morgan fingerprint density at radius 1 is 0.919 bits per heavy atom. The van der Waals surface area contributed by atoms with Crippen LogP contribution in [0.4, 0.5) is 0 Å². The Bertz CT molecular complexity index is 1030. The van der Waals surface area contributed by atoms with Crippen LogP contribution in [0.25, 0.3) is 0 Å². The Morgan fingerprint density at radius 2 is 1.65 bits per heavy atom. The largest absolute Gasteiger partial charge is 0.474 e. The van der Waals surface area contributed by atoms with Crippen LogP contribution in [0, 0.1) is 17.8 Å². The summed E-state index contributed by atoms with van der Waals surface area (Å²) in [6, 6.07) is 2.77. The summed E-state index contributed by atoms with van der Waals surface area (Å²) < 4.78 is 11.7. The van der Waals surface area contributed by atoms with Crippen molar-refractivity contribution in [2.45, 2.75) is 69.1 Å². The molecule has 2 saturated carbocycles. The zero-order valence-corrected chi connectivity index (χ0v) is 21.4. The van der Waals surface area contributed by atoms with Crippen molar-refractivity contribution in [3.63, 3.8) is 0 Å². The number of nitrogens with zero attached hydrogens (tertiary/aromatic N) is 3. The number of amides is 2. The molecular weight excluding hydrogens is 472 g/mol. The van der Waals surface area contributed by atoms with E-state index in [9.17, 15) is 9.59 Å². The maximum absolute atomic E-state index is 13.5. The molecule has 37 heavy (non-hydrogen) atoms. The Kier molecular flexibility index (Phi) is 6.31. The highest BCUT2D eigenvalue weighted by Crippen LogP contribution is 2.44. The maximum atomic E-state index is 13.5. The summed E-state index contributed by atoms with van der Waals surface area (Å²) in [5.41, 5.74) is 11.3. The predicted molar refractivity (Wildman–Crippen MR) is 134 cm³/mol. The molecule has 3 N–H and O–H groups in total. The number of nitrogens with one attached hydrogen (secondary N) is 3. The molecule has 10 nitrogen and oxygen atoms in total. The summed E-state index contributed by atoms with van der Waals surface area (Å²) in [5.74, 6) is 2.34. The maximum Gasteiger partial charge on any atom is 0.255 e. The monoisotopic (exact) mass is 510 g/mol. The van der Waals surface area contributed by atoms with Gasteiger partial charge in [0.15, 0.2) is 0 Å². The molecule has 4 saturated heterocycles. The van der Waals surface area contributed by atoms with Crippen molar-refractivity contribution in [2.24, 2.45) is 17.8 Å². The van der Waals surface area contributed by atoms with Gasteiger partial charge in [-0.2, -0.15) is 5.53 Å². The second-order valence-electron chi connectivity index (χ2n) is 11.9. The van der Waals surface area contributed by atoms with Crippen LogP contribution >= 0.6 is 0 Å². The van der Waals surface area contributed by atoms with Crippen molar-refractivity contribution in [2.75, 3.05) is 39.4 Å². The molecule has 200 valence electrons. The number of carbonyl (C=O) groups excluding carboxylic acids is 2. The minimum Gasteiger partial charge on any atom is -0.474 e. The summed E-state index contributed by atoms with van der Waals surface area (Å²) in [4.78, 5) is 35.4. The first-order chi connectivity index (χ1) is 18.1. The molecule has 1 aromatic heterocycles. The molecule has 10 heteroatoms. The van der Waals surface area contributed by atoms with Crippen LogP contribution in [0.15, 0.2) is 12.3 Å². The molecule has 2 aliphatic carbocycles. The van der Waals surface area contributed by atoms with Gasteiger partial charge in [0.2, 0.25) is 11.8 Å². The average molecular weight is 511 g/mol. The van der Waals surface area contributed by atoms with E-state index in [1.54, 1.807) is 6.20 Å². The van der Waals surface area contributed by atoms with Crippen molar-refractivity contribution >= 4 is 11.8 Å². The number of ether oxygens (including phenoxy) is 2. The van der Waals surface area contributed by atoms with Crippen LogP contribution in [-0.4, -0.2) is 84.2 Å². The van der Waals surface area contributed by atoms with Crippen molar-refractivity contribution in [1.29, 1.82) is 0 Å². The van der Waals surface area contributed by atoms with Crippen molar-refractivity contribution < 1.29 is 19.1 Å². The van der Waals surface area contributed by atoms with E-state index < -0.39 is 0 Å². The third kappa shape index (κ3) is 4.73. The summed E-state index contributed by atoms with van der Waals surface area (Å²) in [7, 11) is 0. The first-order valence-electron chi connectivity index (χ1n) is 14.2. The van der Waals surface area contributed by atoms with E-state index in [2.05, 4.69) is 26.3 Å². The second kappa shape index (κ2) is 9.80. The third-order valence-electron chi connectivity index (χ3n) is 9.39. The van der Waals surface area contributed by atoms with Gasteiger partial charge in [-0.3, -0.25) is 9.59 Å². The topological polar surface area (TPSA) is 108 Å². The number of hydrogen-bond acceptors (Lipinski definition) is 8. The smallest absolute Gasteiger partial charge is 0.255 e. The van der Waals surface area contributed by atoms with E-state index in [-0.39, 0.29) is 17.9 Å². The van der Waals surface area contributed by atoms with Gasteiger partial charge in [-0.05, 0) is 44.1 Å². The quantitative estimate of drug-likeness (QED) is 0.543. The molecule has 1 aromatic rings. The number of likely N-dealkylation sites (tertiary alicyclic amines) is 2. The molecule has 6 aliphatic rings. The van der Waals surface area contributed by atoms with Crippen molar-refractivity contribution in [3.05, 3.63) is 23.4 Å². The zero-order valence-electron chi connectivity index (χ0n) is 21.4. The highest BCUT2D eigenvalue weighted by molar-refractivity contribution is 5.94. The fourth-order valence-corrected chi connectivity index (χ4v) is 7.06. The number of aromatic nitrogens is 1. The van der Waals surface area contributed by atoms with Gasteiger partial charge < -0.3 is 19.3 Å². The Hall–Kier alpha value is -2.27. The van der Waals surface area contributed by atoms with E-state index in [0.717, 1.165) is 89.9 Å². The first-order valence-corrected chi connectivity index (χ1v) is 14.2. The van der Waals surface area contributed by atoms with Gasteiger partial charge in [0.05, 0.1) is 18.8 Å². The molecule has 5 heterocycles. The summed E-state index contributed by atoms with van der Waals surface area (Å²) >= 11 is 0. The average Bonchev–Trinajstić information content (AvgIpc) is 3.33. The molecule has 2 unspecified atom stereocenters. The number of carbonyl (C=O) groups is 2. The van der Waals surface area contributed by atoms with Crippen LogP contribution in [0.5, 0.6) is 5.88 Å². The molecule has 0 radical (unpaired) electrons. The number of fused-ring (bicyclic) bond motifs is 2. The van der Waals surface area contributed by atoms with Gasteiger partial charge in [-0.1, -0.05) is 0 Å². The normalized spacial score (nSPS) is 33.9. The summed E-state index contributed by atoms with van der Waals surface area (Å²) in [6.07, 6.45) is 8.71. The van der Waals surface area contributed by atoms with Gasteiger partial charge in [0, 0.05) is 80.6 Å². The highest BCUT2D eigenvalue weighted by atomic mass is 16.5. The Morgan fingerprint density at radius 3 is 2.41 bits per heavy atom. The molecule has 6 fully saturated rings. The first kappa shape index (κ1) is 23.8. The van der Waals surface area contributed by atoms with Crippen LogP contribution in [0.2, 0.25) is 0 Å². The Labute approximate surface area is 217 Å². The van der Waals surface area contributed by atoms with Crippen molar-refractivity contribution in [1.82, 2.24) is 31.2 Å². The standard InChI is InChI=1S/C27H38N6O4/c34-26(17-3-4-23-24(10-17)30-31-29-23)32-12-19-14-33(15-20(19)13-32)27(35)18-9-22(16-1-2-16)25(28-11-18)37-21-5-7-36-8-6-21/h9,11,16-17,19-21,23-24,29-31H,1-8,10,12-15H2/t17-,19+,20+,23?,24?/m1/s1. The lowest BCUT2D eigenvalue weighted by Gasteiger charge is -2.32. The molecule has 0 aromatic carbocycles. The lowest BCUT2D eigenvalue weighted by atomic mass is 9.82. The minimum absolute atomic E-state index is 0.0601. The molecule has 2 amide bonds. The molecule has 7 rings (SSSR count). The van der Waals surface area contributed by atoms with Gasteiger partial charge in [-0.15, -0.1) is 0 Å². The lowest BCUT2D eigenvalue weighted by Crippen LogP contribution is -2.45. The van der Waals surface area contributed by atoms with E-state index >= 15 is 0 Å². The van der Waals surface area contributed by atoms with E-state index in [4.69, 9.17) is 9.47 Å².